The molecule has 9 heteroatoms. The number of aliphatic hydroxyl groups is 2. The molecule has 0 aromatic heterocycles. The van der Waals surface area contributed by atoms with Crippen LogP contribution in [-0.2, 0) is 16.1 Å². The number of anilines is 1. The summed E-state index contributed by atoms with van der Waals surface area (Å²) >= 11 is 0. The molecule has 0 saturated carbocycles. The molecular weight excluding hydrogens is 414 g/mol. The normalized spacial score (nSPS) is 22.2. The van der Waals surface area contributed by atoms with E-state index in [4.69, 9.17) is 9.47 Å². The summed E-state index contributed by atoms with van der Waals surface area (Å²) in [6.07, 6.45) is -4.21. The van der Waals surface area contributed by atoms with Crippen LogP contribution in [0.1, 0.15) is 12.0 Å². The standard InChI is InChI=1S/C23H29N3O6/c1-26(14-15-7-4-3-5-8-15)20(27)12-18-21(28)22(29)19(32-18)13-24-23(30)25-16-9-6-10-17(11-16)31-2/h3-11,18-19,21-22,28-29H,12-14H2,1-2H3,(H2,24,25,30). The first-order valence-electron chi connectivity index (χ1n) is 10.4. The zero-order chi connectivity index (χ0) is 23.1. The molecule has 1 aliphatic rings. The van der Waals surface area contributed by atoms with Crippen molar-refractivity contribution in [1.29, 1.82) is 0 Å². The Morgan fingerprint density at radius 3 is 2.50 bits per heavy atom. The van der Waals surface area contributed by atoms with Crippen LogP contribution in [0.2, 0.25) is 0 Å². The molecule has 3 amide bonds. The van der Waals surface area contributed by atoms with Gasteiger partial charge in [0.2, 0.25) is 5.91 Å². The van der Waals surface area contributed by atoms with Crippen LogP contribution in [-0.4, -0.2) is 72.2 Å². The van der Waals surface area contributed by atoms with Gasteiger partial charge in [-0.25, -0.2) is 4.79 Å². The Hall–Kier alpha value is -3.14. The molecular formula is C23H29N3O6. The van der Waals surface area contributed by atoms with E-state index in [-0.39, 0.29) is 18.9 Å². The number of carbonyl (C=O) groups excluding carboxylic acids is 2. The quantitative estimate of drug-likeness (QED) is 0.489. The molecule has 0 radical (unpaired) electrons. The number of carbonyl (C=O) groups is 2. The van der Waals surface area contributed by atoms with E-state index in [1.54, 1.807) is 36.2 Å². The molecule has 1 fully saturated rings. The van der Waals surface area contributed by atoms with E-state index in [9.17, 15) is 19.8 Å². The smallest absolute Gasteiger partial charge is 0.319 e. The molecule has 4 unspecified atom stereocenters. The lowest BCUT2D eigenvalue weighted by molar-refractivity contribution is -0.134. The van der Waals surface area contributed by atoms with Gasteiger partial charge in [-0.3, -0.25) is 4.79 Å². The molecule has 1 aliphatic heterocycles. The summed E-state index contributed by atoms with van der Waals surface area (Å²) in [4.78, 5) is 26.2. The highest BCUT2D eigenvalue weighted by atomic mass is 16.5. The minimum Gasteiger partial charge on any atom is -0.497 e. The second-order valence-corrected chi connectivity index (χ2v) is 7.70. The van der Waals surface area contributed by atoms with Gasteiger partial charge in [0, 0.05) is 31.9 Å². The number of nitrogens with one attached hydrogen (secondary N) is 2. The lowest BCUT2D eigenvalue weighted by atomic mass is 10.0. The van der Waals surface area contributed by atoms with Gasteiger partial charge in [-0.15, -0.1) is 0 Å². The lowest BCUT2D eigenvalue weighted by Gasteiger charge is -2.21. The fourth-order valence-corrected chi connectivity index (χ4v) is 3.51. The first-order chi connectivity index (χ1) is 15.4. The second kappa shape index (κ2) is 10.9. The molecule has 1 heterocycles. The van der Waals surface area contributed by atoms with Crippen LogP contribution < -0.4 is 15.4 Å². The summed E-state index contributed by atoms with van der Waals surface area (Å²) in [5, 5.41) is 25.9. The van der Waals surface area contributed by atoms with Crippen molar-refractivity contribution < 1.29 is 29.3 Å². The van der Waals surface area contributed by atoms with Crippen LogP contribution in [0.3, 0.4) is 0 Å². The number of aliphatic hydroxyl groups excluding tert-OH is 2. The number of hydrogen-bond acceptors (Lipinski definition) is 6. The van der Waals surface area contributed by atoms with E-state index in [1.165, 1.54) is 7.11 Å². The lowest BCUT2D eigenvalue weighted by Crippen LogP contribution is -2.41. The second-order valence-electron chi connectivity index (χ2n) is 7.70. The van der Waals surface area contributed by atoms with Crippen molar-refractivity contribution in [3.8, 4) is 5.75 Å². The Kier molecular flexibility index (Phi) is 8.04. The summed E-state index contributed by atoms with van der Waals surface area (Å²) in [5.41, 5.74) is 1.53. The molecule has 32 heavy (non-hydrogen) atoms. The summed E-state index contributed by atoms with van der Waals surface area (Å²) in [7, 11) is 3.21. The number of methoxy groups -OCH3 is 1. The van der Waals surface area contributed by atoms with Crippen LogP contribution in [0.4, 0.5) is 10.5 Å². The third kappa shape index (κ3) is 6.19. The molecule has 1 saturated heterocycles. The van der Waals surface area contributed by atoms with Crippen LogP contribution in [0.5, 0.6) is 5.75 Å². The number of hydrogen-bond donors (Lipinski definition) is 4. The van der Waals surface area contributed by atoms with Crippen molar-refractivity contribution in [3.63, 3.8) is 0 Å². The molecule has 4 N–H and O–H groups in total. The van der Waals surface area contributed by atoms with E-state index < -0.39 is 30.4 Å². The molecule has 0 bridgehead atoms. The first kappa shape index (κ1) is 23.5. The van der Waals surface area contributed by atoms with Gasteiger partial charge in [0.05, 0.1) is 19.6 Å². The largest absolute Gasteiger partial charge is 0.497 e. The Labute approximate surface area is 186 Å². The zero-order valence-corrected chi connectivity index (χ0v) is 18.1. The molecule has 2 aromatic carbocycles. The molecule has 172 valence electrons. The van der Waals surface area contributed by atoms with Gasteiger partial charge in [-0.2, -0.15) is 0 Å². The fourth-order valence-electron chi connectivity index (χ4n) is 3.51. The Morgan fingerprint density at radius 1 is 1.06 bits per heavy atom. The van der Waals surface area contributed by atoms with Gasteiger partial charge in [0.25, 0.3) is 0 Å². The van der Waals surface area contributed by atoms with Crippen LogP contribution in [0, 0.1) is 0 Å². The van der Waals surface area contributed by atoms with E-state index in [2.05, 4.69) is 10.6 Å². The van der Waals surface area contributed by atoms with Crippen LogP contribution in [0.15, 0.2) is 54.6 Å². The van der Waals surface area contributed by atoms with Gasteiger partial charge in [0.15, 0.2) is 0 Å². The van der Waals surface area contributed by atoms with E-state index in [0.717, 1.165) is 5.56 Å². The average molecular weight is 444 g/mol. The maximum Gasteiger partial charge on any atom is 0.319 e. The topological polar surface area (TPSA) is 120 Å². The van der Waals surface area contributed by atoms with Crippen molar-refractivity contribution in [1.82, 2.24) is 10.2 Å². The minimum absolute atomic E-state index is 0.0292. The van der Waals surface area contributed by atoms with Gasteiger partial charge >= 0.3 is 6.03 Å². The van der Waals surface area contributed by atoms with Crippen LogP contribution in [0.25, 0.3) is 0 Å². The maximum absolute atomic E-state index is 12.5. The monoisotopic (exact) mass is 443 g/mol. The molecule has 9 nitrogen and oxygen atoms in total. The van der Waals surface area contributed by atoms with Crippen molar-refractivity contribution >= 4 is 17.6 Å². The highest BCUT2D eigenvalue weighted by Crippen LogP contribution is 2.24. The molecule has 2 aromatic rings. The van der Waals surface area contributed by atoms with Crippen molar-refractivity contribution in [2.75, 3.05) is 26.0 Å². The number of rotatable bonds is 8. The molecule has 3 rings (SSSR count). The summed E-state index contributed by atoms with van der Waals surface area (Å²) in [6, 6.07) is 15.9. The minimum atomic E-state index is -1.22. The number of nitrogens with zero attached hydrogens (tertiary/aromatic N) is 1. The van der Waals surface area contributed by atoms with E-state index in [1.807, 2.05) is 30.3 Å². The SMILES string of the molecule is COc1cccc(NC(=O)NCC2OC(CC(=O)N(C)Cc3ccccc3)C(O)C2O)c1. The summed E-state index contributed by atoms with van der Waals surface area (Å²) in [5.74, 6) is 0.389. The van der Waals surface area contributed by atoms with Crippen molar-refractivity contribution in [2.45, 2.75) is 37.4 Å². The van der Waals surface area contributed by atoms with Gasteiger partial charge < -0.3 is 35.2 Å². The van der Waals surface area contributed by atoms with E-state index in [0.29, 0.717) is 18.0 Å². The number of urea groups is 1. The Bertz CT molecular complexity index is 910. The Morgan fingerprint density at radius 2 is 1.78 bits per heavy atom. The zero-order valence-electron chi connectivity index (χ0n) is 18.1. The van der Waals surface area contributed by atoms with Crippen molar-refractivity contribution in [3.05, 3.63) is 60.2 Å². The highest BCUT2D eigenvalue weighted by molar-refractivity contribution is 5.89. The predicted octanol–water partition coefficient (Wildman–Crippen LogP) is 1.35. The van der Waals surface area contributed by atoms with Crippen LogP contribution >= 0.6 is 0 Å². The summed E-state index contributed by atoms with van der Waals surface area (Å²) < 4.78 is 10.8. The van der Waals surface area contributed by atoms with Gasteiger partial charge in [-0.05, 0) is 17.7 Å². The highest BCUT2D eigenvalue weighted by Gasteiger charge is 2.43. The van der Waals surface area contributed by atoms with Crippen molar-refractivity contribution in [2.24, 2.45) is 0 Å². The predicted molar refractivity (Wildman–Crippen MR) is 118 cm³/mol. The number of ether oxygens (including phenoxy) is 2. The number of amides is 3. The third-order valence-electron chi connectivity index (χ3n) is 5.32. The maximum atomic E-state index is 12.5. The van der Waals surface area contributed by atoms with Gasteiger partial charge in [0.1, 0.15) is 24.1 Å². The molecule has 4 atom stereocenters. The summed E-state index contributed by atoms with van der Waals surface area (Å²) in [6.45, 7) is 0.402. The average Bonchev–Trinajstić information content (AvgIpc) is 3.06. The first-order valence-corrected chi connectivity index (χ1v) is 10.4. The third-order valence-corrected chi connectivity index (χ3v) is 5.32. The van der Waals surface area contributed by atoms with Gasteiger partial charge in [-0.1, -0.05) is 36.4 Å². The number of benzene rings is 2. The fraction of sp³-hybridized carbons (Fsp3) is 0.391. The molecule has 0 spiro atoms. The Balaban J connectivity index is 1.47. The molecule has 0 aliphatic carbocycles. The van der Waals surface area contributed by atoms with E-state index >= 15 is 0 Å².